The fourth-order valence-electron chi connectivity index (χ4n) is 1.55. The third-order valence-corrected chi connectivity index (χ3v) is 3.88. The molecular weight excluding hydrogens is 382 g/mol. The molecule has 0 saturated carbocycles. The highest BCUT2D eigenvalue weighted by molar-refractivity contribution is 7.90. The van der Waals surface area contributed by atoms with Gasteiger partial charge in [-0.3, -0.25) is 4.79 Å². The summed E-state index contributed by atoms with van der Waals surface area (Å²) in [6.45, 7) is -3.18. The quantitative estimate of drug-likeness (QED) is 0.776. The summed E-state index contributed by atoms with van der Waals surface area (Å²) in [7, 11) is -5.05. The van der Waals surface area contributed by atoms with Gasteiger partial charge < -0.3 is 4.74 Å². The Hall–Kier alpha value is -2.33. The first-order chi connectivity index (χ1) is 11.3. The number of alkyl halides is 6. The Bertz CT molecular complexity index is 795. The number of nitrogens with zero attached hydrogens (tertiary/aromatic N) is 1. The van der Waals surface area contributed by atoms with E-state index in [9.17, 15) is 39.6 Å². The summed E-state index contributed by atoms with van der Waals surface area (Å²) in [5.74, 6) is -1.60. The van der Waals surface area contributed by atoms with E-state index < -0.39 is 57.5 Å². The number of nitrogens with one attached hydrogen (secondary N) is 1. The Morgan fingerprint density at radius 3 is 2.28 bits per heavy atom. The summed E-state index contributed by atoms with van der Waals surface area (Å²) in [6, 6.07) is 2.88. The molecule has 0 spiro atoms. The molecule has 138 valence electrons. The fraction of sp³-hybridized carbons (Fsp3) is 0.333. The molecule has 0 aliphatic heterocycles. The van der Waals surface area contributed by atoms with Crippen molar-refractivity contribution in [3.05, 3.63) is 29.3 Å². The van der Waals surface area contributed by atoms with E-state index in [-0.39, 0.29) is 6.07 Å². The van der Waals surface area contributed by atoms with Gasteiger partial charge in [0.1, 0.15) is 13.2 Å². The molecule has 1 N–H and O–H groups in total. The molecule has 0 atom stereocenters. The molecule has 1 aromatic rings. The van der Waals surface area contributed by atoms with Crippen LogP contribution in [0.5, 0.6) is 0 Å². The summed E-state index contributed by atoms with van der Waals surface area (Å²) in [4.78, 5) is 9.93. The lowest BCUT2D eigenvalue weighted by Gasteiger charge is -2.14. The molecule has 1 rings (SSSR count). The zero-order chi connectivity index (χ0) is 19.5. The third kappa shape index (κ3) is 6.24. The summed E-state index contributed by atoms with van der Waals surface area (Å²) in [5, 5.41) is 8.58. The van der Waals surface area contributed by atoms with Crippen LogP contribution in [0.1, 0.15) is 11.1 Å². The molecule has 0 aliphatic carbocycles. The molecule has 0 aromatic heterocycles. The summed E-state index contributed by atoms with van der Waals surface area (Å²) >= 11 is 0. The van der Waals surface area contributed by atoms with Gasteiger partial charge in [-0.25, -0.2) is 13.1 Å². The molecular formula is C12H8F6N2O4S. The highest BCUT2D eigenvalue weighted by atomic mass is 32.2. The minimum atomic E-state index is -5.16. The molecule has 6 nitrogen and oxygen atoms in total. The third-order valence-electron chi connectivity index (χ3n) is 2.45. The number of sulfonamides is 1. The Labute approximate surface area is 137 Å². The first-order valence-electron chi connectivity index (χ1n) is 6.08. The van der Waals surface area contributed by atoms with E-state index in [1.165, 1.54) is 10.8 Å². The van der Waals surface area contributed by atoms with Crippen molar-refractivity contribution in [1.29, 1.82) is 5.26 Å². The smallest absolute Gasteiger partial charge is 0.362 e. The molecule has 1 amide bonds. The lowest BCUT2D eigenvalue weighted by Crippen LogP contribution is -2.35. The second kappa shape index (κ2) is 7.28. The van der Waals surface area contributed by atoms with Crippen LogP contribution in [-0.2, 0) is 25.7 Å². The van der Waals surface area contributed by atoms with Crippen LogP contribution in [0, 0.1) is 11.3 Å². The molecule has 0 saturated heterocycles. The highest BCUT2D eigenvalue weighted by Crippen LogP contribution is 2.34. The molecule has 0 aliphatic rings. The minimum absolute atomic E-state index is 0.263. The largest absolute Gasteiger partial charge is 0.417 e. The maximum Gasteiger partial charge on any atom is 0.417 e. The van der Waals surface area contributed by atoms with Crippen LogP contribution in [0.2, 0.25) is 0 Å². The molecule has 1 aromatic carbocycles. The zero-order valence-corrected chi connectivity index (χ0v) is 12.7. The monoisotopic (exact) mass is 390 g/mol. The van der Waals surface area contributed by atoms with Gasteiger partial charge in [0.05, 0.1) is 22.1 Å². The van der Waals surface area contributed by atoms with Crippen molar-refractivity contribution in [2.75, 3.05) is 13.2 Å². The van der Waals surface area contributed by atoms with Gasteiger partial charge in [0.15, 0.2) is 0 Å². The Balaban J connectivity index is 3.03. The van der Waals surface area contributed by atoms with Crippen molar-refractivity contribution in [2.24, 2.45) is 0 Å². The van der Waals surface area contributed by atoms with E-state index in [1.54, 1.807) is 0 Å². The van der Waals surface area contributed by atoms with Gasteiger partial charge in [0, 0.05) is 0 Å². The van der Waals surface area contributed by atoms with Gasteiger partial charge >= 0.3 is 12.4 Å². The van der Waals surface area contributed by atoms with Crippen molar-refractivity contribution in [3.63, 3.8) is 0 Å². The first-order valence-corrected chi connectivity index (χ1v) is 7.56. The molecule has 0 bridgehead atoms. The molecule has 0 heterocycles. The van der Waals surface area contributed by atoms with Gasteiger partial charge in [-0.15, -0.1) is 0 Å². The Kier molecular flexibility index (Phi) is 6.03. The number of nitriles is 1. The maximum absolute atomic E-state index is 12.9. The number of rotatable bonds is 5. The maximum atomic E-state index is 12.9. The number of hydrogen-bond acceptors (Lipinski definition) is 5. The van der Waals surface area contributed by atoms with E-state index in [2.05, 4.69) is 4.74 Å². The number of ether oxygens (including phenoxy) is 1. The average molecular weight is 390 g/mol. The van der Waals surface area contributed by atoms with Crippen LogP contribution < -0.4 is 4.72 Å². The van der Waals surface area contributed by atoms with Crippen molar-refractivity contribution in [2.45, 2.75) is 17.2 Å². The van der Waals surface area contributed by atoms with Gasteiger partial charge in [0.2, 0.25) is 0 Å². The second-order valence-electron chi connectivity index (χ2n) is 4.46. The van der Waals surface area contributed by atoms with Gasteiger partial charge in [0.25, 0.3) is 15.9 Å². The Morgan fingerprint density at radius 2 is 1.80 bits per heavy atom. The van der Waals surface area contributed by atoms with E-state index in [4.69, 9.17) is 5.26 Å². The first kappa shape index (κ1) is 20.7. The van der Waals surface area contributed by atoms with Crippen molar-refractivity contribution >= 4 is 15.9 Å². The molecule has 13 heteroatoms. The average Bonchev–Trinajstić information content (AvgIpc) is 2.43. The van der Waals surface area contributed by atoms with E-state index in [0.29, 0.717) is 6.07 Å². The van der Waals surface area contributed by atoms with Crippen LogP contribution >= 0.6 is 0 Å². The van der Waals surface area contributed by atoms with Gasteiger partial charge in [-0.1, -0.05) is 0 Å². The topological polar surface area (TPSA) is 96.3 Å². The van der Waals surface area contributed by atoms with Gasteiger partial charge in [-0.05, 0) is 18.2 Å². The minimum Gasteiger partial charge on any atom is -0.362 e. The normalized spacial score (nSPS) is 12.5. The number of benzene rings is 1. The van der Waals surface area contributed by atoms with E-state index >= 15 is 0 Å². The van der Waals surface area contributed by atoms with Crippen LogP contribution in [0.4, 0.5) is 26.3 Å². The fourth-order valence-corrected chi connectivity index (χ4v) is 2.73. The number of amides is 1. The number of carbonyl (C=O) groups is 1. The van der Waals surface area contributed by atoms with Crippen LogP contribution in [0.3, 0.4) is 0 Å². The van der Waals surface area contributed by atoms with Crippen molar-refractivity contribution in [3.8, 4) is 6.07 Å². The zero-order valence-electron chi connectivity index (χ0n) is 11.9. The van der Waals surface area contributed by atoms with Gasteiger partial charge in [-0.2, -0.15) is 31.6 Å². The summed E-state index contributed by atoms with van der Waals surface area (Å²) < 4.78 is 103. The van der Waals surface area contributed by atoms with E-state index in [0.717, 1.165) is 6.07 Å². The highest BCUT2D eigenvalue weighted by Gasteiger charge is 2.38. The van der Waals surface area contributed by atoms with Crippen molar-refractivity contribution in [1.82, 2.24) is 4.72 Å². The number of halogens is 6. The Morgan fingerprint density at radius 1 is 1.20 bits per heavy atom. The predicted molar refractivity (Wildman–Crippen MR) is 68.4 cm³/mol. The van der Waals surface area contributed by atoms with Crippen LogP contribution in [-0.4, -0.2) is 33.7 Å². The van der Waals surface area contributed by atoms with Crippen LogP contribution in [0.15, 0.2) is 23.1 Å². The molecule has 25 heavy (non-hydrogen) atoms. The lowest BCUT2D eigenvalue weighted by molar-refractivity contribution is -0.175. The summed E-state index contributed by atoms with van der Waals surface area (Å²) in [5.41, 5.74) is -2.19. The summed E-state index contributed by atoms with van der Waals surface area (Å²) in [6.07, 6.45) is -9.93. The molecule has 0 unspecified atom stereocenters. The number of hydrogen-bond donors (Lipinski definition) is 1. The van der Waals surface area contributed by atoms with Crippen molar-refractivity contribution < 1.29 is 44.3 Å². The molecule has 0 radical (unpaired) electrons. The lowest BCUT2D eigenvalue weighted by atomic mass is 10.1. The predicted octanol–water partition coefficient (Wildman–Crippen LogP) is 1.96. The standard InChI is InChI=1S/C12H8F6N2O4S/c13-11(14,15)6-24-5-10(21)20-25(22,23)9-2-1-7(4-19)3-8(9)12(16,17)18/h1-3H,5-6H2,(H,20,21). The number of carbonyl (C=O) groups excluding carboxylic acids is 1. The van der Waals surface area contributed by atoms with E-state index in [1.807, 2.05) is 0 Å². The molecule has 0 fully saturated rings. The SMILES string of the molecule is N#Cc1ccc(S(=O)(=O)NC(=O)COCC(F)(F)F)c(C(F)(F)F)c1. The second-order valence-corrected chi connectivity index (χ2v) is 6.11. The van der Waals surface area contributed by atoms with Crippen LogP contribution in [0.25, 0.3) is 0 Å².